The maximum Gasteiger partial charge on any atom is 0.253 e. The van der Waals surface area contributed by atoms with Crippen molar-refractivity contribution in [2.45, 2.75) is 64.0 Å². The van der Waals surface area contributed by atoms with E-state index in [0.29, 0.717) is 17.5 Å². The largest absolute Gasteiger partial charge is 0.497 e. The van der Waals surface area contributed by atoms with Gasteiger partial charge in [0, 0.05) is 23.0 Å². The molecular formula is C24H32N6O2. The second-order valence-electron chi connectivity index (χ2n) is 9.43. The van der Waals surface area contributed by atoms with Crippen LogP contribution in [0.25, 0.3) is 10.9 Å². The third-order valence-electron chi connectivity index (χ3n) is 7.11. The number of rotatable bonds is 5. The first kappa shape index (κ1) is 21.1. The number of tetrazole rings is 1. The maximum atomic E-state index is 13.3. The molecule has 8 heteroatoms. The van der Waals surface area contributed by atoms with Gasteiger partial charge in [0.05, 0.1) is 13.2 Å². The zero-order chi connectivity index (χ0) is 22.1. The third kappa shape index (κ3) is 4.03. The van der Waals surface area contributed by atoms with E-state index in [9.17, 15) is 4.79 Å². The first-order valence-electron chi connectivity index (χ1n) is 11.9. The van der Waals surface area contributed by atoms with Crippen LogP contribution >= 0.6 is 0 Å². The molecule has 2 aromatic heterocycles. The molecule has 170 valence electrons. The number of piperidine rings is 1. The summed E-state index contributed by atoms with van der Waals surface area (Å²) in [4.78, 5) is 18.8. The Labute approximate surface area is 188 Å². The van der Waals surface area contributed by atoms with E-state index in [2.05, 4.69) is 32.3 Å². The zero-order valence-corrected chi connectivity index (χ0v) is 19.0. The molecule has 1 saturated carbocycles. The van der Waals surface area contributed by atoms with E-state index in [1.54, 1.807) is 7.11 Å². The van der Waals surface area contributed by atoms with E-state index in [1.165, 1.54) is 25.7 Å². The van der Waals surface area contributed by atoms with Gasteiger partial charge in [-0.2, -0.15) is 0 Å². The molecule has 1 saturated heterocycles. The molecule has 2 aliphatic rings. The van der Waals surface area contributed by atoms with Crippen LogP contribution in [0.15, 0.2) is 29.1 Å². The SMILES string of the molecule is COc1ccc2[nH]c(=O)c([C@@H](c3nnnn3C3CCCCC3)N3CCC[C@@H](C)C3)cc2c1. The van der Waals surface area contributed by atoms with Gasteiger partial charge in [0.15, 0.2) is 5.82 Å². The fraction of sp³-hybridized carbons (Fsp3) is 0.583. The van der Waals surface area contributed by atoms with Crippen molar-refractivity contribution in [2.75, 3.05) is 20.2 Å². The average molecular weight is 437 g/mol. The monoisotopic (exact) mass is 436 g/mol. The molecule has 1 aliphatic carbocycles. The lowest BCUT2D eigenvalue weighted by Gasteiger charge is -2.37. The summed E-state index contributed by atoms with van der Waals surface area (Å²) in [5, 5.41) is 14.0. The highest BCUT2D eigenvalue weighted by molar-refractivity contribution is 5.80. The van der Waals surface area contributed by atoms with E-state index in [0.717, 1.165) is 54.8 Å². The normalized spacial score (nSPS) is 21.6. The van der Waals surface area contributed by atoms with Crippen LogP contribution in [-0.2, 0) is 0 Å². The number of methoxy groups -OCH3 is 1. The standard InChI is InChI=1S/C24H32N6O2/c1-16-7-6-12-29(15-16)22(23-26-27-28-30(23)18-8-4-3-5-9-18)20-14-17-13-19(32-2)10-11-21(17)25-24(20)31/h10-11,13-14,16,18,22H,3-9,12,15H2,1-2H3,(H,25,31)/t16-,22+/m1/s1. The van der Waals surface area contributed by atoms with Gasteiger partial charge in [-0.05, 0) is 72.8 Å². The van der Waals surface area contributed by atoms with Crippen molar-refractivity contribution >= 4 is 10.9 Å². The van der Waals surface area contributed by atoms with E-state index in [4.69, 9.17) is 4.74 Å². The zero-order valence-electron chi connectivity index (χ0n) is 19.0. The summed E-state index contributed by atoms with van der Waals surface area (Å²) in [6.45, 7) is 4.14. The van der Waals surface area contributed by atoms with Crippen molar-refractivity contribution in [3.63, 3.8) is 0 Å². The molecule has 1 aromatic carbocycles. The quantitative estimate of drug-likeness (QED) is 0.654. The lowest BCUT2D eigenvalue weighted by molar-refractivity contribution is 0.138. The number of nitrogens with zero attached hydrogens (tertiary/aromatic N) is 5. The first-order chi connectivity index (χ1) is 15.6. The number of ether oxygens (including phenoxy) is 1. The number of benzene rings is 1. The smallest absolute Gasteiger partial charge is 0.253 e. The molecule has 8 nitrogen and oxygen atoms in total. The van der Waals surface area contributed by atoms with Gasteiger partial charge in [0.2, 0.25) is 0 Å². The van der Waals surface area contributed by atoms with Crippen LogP contribution in [0.1, 0.15) is 75.3 Å². The summed E-state index contributed by atoms with van der Waals surface area (Å²) in [7, 11) is 1.66. The van der Waals surface area contributed by atoms with Crippen LogP contribution in [0, 0.1) is 5.92 Å². The van der Waals surface area contributed by atoms with Gasteiger partial charge >= 0.3 is 0 Å². The molecule has 0 amide bonds. The van der Waals surface area contributed by atoms with Gasteiger partial charge in [-0.25, -0.2) is 4.68 Å². The Morgan fingerprint density at radius 2 is 1.97 bits per heavy atom. The first-order valence-corrected chi connectivity index (χ1v) is 11.9. The van der Waals surface area contributed by atoms with Gasteiger partial charge in [0.25, 0.3) is 5.56 Å². The van der Waals surface area contributed by atoms with E-state index < -0.39 is 0 Å². The van der Waals surface area contributed by atoms with Crippen molar-refractivity contribution < 1.29 is 4.74 Å². The van der Waals surface area contributed by atoms with Gasteiger partial charge in [-0.3, -0.25) is 9.69 Å². The van der Waals surface area contributed by atoms with Crippen molar-refractivity contribution in [1.29, 1.82) is 0 Å². The summed E-state index contributed by atoms with van der Waals surface area (Å²) in [6.07, 6.45) is 8.17. The molecule has 5 rings (SSSR count). The number of pyridine rings is 1. The molecule has 0 spiro atoms. The fourth-order valence-electron chi connectivity index (χ4n) is 5.46. The summed E-state index contributed by atoms with van der Waals surface area (Å²) in [6, 6.07) is 7.76. The number of nitrogens with one attached hydrogen (secondary N) is 1. The topological polar surface area (TPSA) is 88.9 Å². The highest BCUT2D eigenvalue weighted by Crippen LogP contribution is 2.35. The minimum Gasteiger partial charge on any atom is -0.497 e. The van der Waals surface area contributed by atoms with E-state index >= 15 is 0 Å². The number of H-pyrrole nitrogens is 1. The van der Waals surface area contributed by atoms with Gasteiger partial charge in [-0.15, -0.1) is 5.10 Å². The van der Waals surface area contributed by atoms with Crippen LogP contribution in [0.4, 0.5) is 0 Å². The Kier molecular flexibility index (Phi) is 5.95. The predicted octanol–water partition coefficient (Wildman–Crippen LogP) is 3.85. The Bertz CT molecular complexity index is 1130. The predicted molar refractivity (Wildman–Crippen MR) is 123 cm³/mol. The van der Waals surface area contributed by atoms with Crippen molar-refractivity contribution in [3.05, 3.63) is 46.0 Å². The van der Waals surface area contributed by atoms with Crippen LogP contribution < -0.4 is 10.3 Å². The molecule has 0 radical (unpaired) electrons. The molecule has 1 N–H and O–H groups in total. The highest BCUT2D eigenvalue weighted by Gasteiger charge is 2.34. The van der Waals surface area contributed by atoms with Gasteiger partial charge in [-0.1, -0.05) is 26.2 Å². The molecule has 1 aliphatic heterocycles. The van der Waals surface area contributed by atoms with E-state index in [1.807, 2.05) is 28.9 Å². The molecule has 32 heavy (non-hydrogen) atoms. The van der Waals surface area contributed by atoms with Crippen LogP contribution in [0.2, 0.25) is 0 Å². The molecule has 0 bridgehead atoms. The molecule has 2 atom stereocenters. The Morgan fingerprint density at radius 1 is 1.12 bits per heavy atom. The molecule has 3 aromatic rings. The summed E-state index contributed by atoms with van der Waals surface area (Å²) < 4.78 is 7.43. The number of hydrogen-bond donors (Lipinski definition) is 1. The summed E-state index contributed by atoms with van der Waals surface area (Å²) in [5.74, 6) is 2.13. The van der Waals surface area contributed by atoms with Crippen LogP contribution in [0.5, 0.6) is 5.75 Å². The number of likely N-dealkylation sites (tertiary alicyclic amines) is 1. The van der Waals surface area contributed by atoms with Crippen LogP contribution in [0.3, 0.4) is 0 Å². The van der Waals surface area contributed by atoms with Gasteiger partial charge < -0.3 is 9.72 Å². The third-order valence-corrected chi connectivity index (χ3v) is 7.11. The molecule has 2 fully saturated rings. The van der Waals surface area contributed by atoms with Crippen LogP contribution in [-0.4, -0.2) is 50.3 Å². The van der Waals surface area contributed by atoms with E-state index in [-0.39, 0.29) is 11.6 Å². The Hall–Kier alpha value is -2.74. The van der Waals surface area contributed by atoms with Crippen molar-refractivity contribution in [3.8, 4) is 5.75 Å². The minimum atomic E-state index is -0.269. The average Bonchev–Trinajstić information content (AvgIpc) is 3.29. The molecule has 0 unspecified atom stereocenters. The maximum absolute atomic E-state index is 13.3. The second-order valence-corrected chi connectivity index (χ2v) is 9.43. The minimum absolute atomic E-state index is 0.0795. The Morgan fingerprint density at radius 3 is 2.75 bits per heavy atom. The Balaban J connectivity index is 1.64. The fourth-order valence-corrected chi connectivity index (χ4v) is 5.46. The van der Waals surface area contributed by atoms with Crippen molar-refractivity contribution in [1.82, 2.24) is 30.1 Å². The molecular weight excluding hydrogens is 404 g/mol. The van der Waals surface area contributed by atoms with Crippen molar-refractivity contribution in [2.24, 2.45) is 5.92 Å². The number of hydrogen-bond acceptors (Lipinski definition) is 6. The summed E-state index contributed by atoms with van der Waals surface area (Å²) >= 11 is 0. The van der Waals surface area contributed by atoms with Gasteiger partial charge in [0.1, 0.15) is 11.8 Å². The highest BCUT2D eigenvalue weighted by atomic mass is 16.5. The molecule has 3 heterocycles. The number of fused-ring (bicyclic) bond motifs is 1. The second kappa shape index (κ2) is 9.02. The number of aromatic amines is 1. The summed E-state index contributed by atoms with van der Waals surface area (Å²) in [5.41, 5.74) is 1.42. The number of aromatic nitrogens is 5. The lowest BCUT2D eigenvalue weighted by Crippen LogP contribution is -2.41. The lowest BCUT2D eigenvalue weighted by atomic mass is 9.93.